The Kier molecular flexibility index (Phi) is 3.01. The number of imidazole rings is 1. The molecule has 0 saturated carbocycles. The van der Waals surface area contributed by atoms with Gasteiger partial charge in [0.1, 0.15) is 5.82 Å². The summed E-state index contributed by atoms with van der Waals surface area (Å²) < 4.78 is 2.95. The molecule has 0 saturated heterocycles. The Morgan fingerprint density at radius 3 is 3.00 bits per heavy atom. The van der Waals surface area contributed by atoms with Crippen molar-refractivity contribution in [3.63, 3.8) is 0 Å². The molecule has 2 aromatic heterocycles. The van der Waals surface area contributed by atoms with Gasteiger partial charge in [0.2, 0.25) is 0 Å². The molecule has 78 valence electrons. The minimum atomic E-state index is 0.701. The minimum absolute atomic E-state index is 0.701. The lowest BCUT2D eigenvalue weighted by atomic mass is 10.4. The molecule has 5 heteroatoms. The van der Waals surface area contributed by atoms with Gasteiger partial charge in [0.15, 0.2) is 0 Å². The highest BCUT2D eigenvalue weighted by Crippen LogP contribution is 2.20. The van der Waals surface area contributed by atoms with Crippen molar-refractivity contribution in [3.8, 4) is 0 Å². The first-order chi connectivity index (χ1) is 7.27. The van der Waals surface area contributed by atoms with E-state index in [2.05, 4.69) is 31.2 Å². The van der Waals surface area contributed by atoms with Gasteiger partial charge in [0.25, 0.3) is 0 Å². The summed E-state index contributed by atoms with van der Waals surface area (Å²) in [6.07, 6.45) is 7.24. The number of hydrogen-bond acceptors (Lipinski definition) is 3. The molecule has 0 unspecified atom stereocenters. The quantitative estimate of drug-likeness (QED) is 0.926. The number of nitrogens with zero attached hydrogens (tertiary/aromatic N) is 3. The average molecular weight is 267 g/mol. The van der Waals surface area contributed by atoms with Gasteiger partial charge in [-0.15, -0.1) is 0 Å². The van der Waals surface area contributed by atoms with Gasteiger partial charge < -0.3 is 9.88 Å². The van der Waals surface area contributed by atoms with Gasteiger partial charge in [-0.1, -0.05) is 0 Å². The molecule has 1 N–H and O–H groups in total. The summed E-state index contributed by atoms with van der Waals surface area (Å²) >= 11 is 3.43. The predicted octanol–water partition coefficient (Wildman–Crippen LogP) is 2.19. The Morgan fingerprint density at radius 2 is 2.33 bits per heavy atom. The smallest absolute Gasteiger partial charge is 0.127 e. The maximum atomic E-state index is 4.23. The highest BCUT2D eigenvalue weighted by molar-refractivity contribution is 9.10. The first-order valence-electron chi connectivity index (χ1n) is 4.57. The summed E-state index contributed by atoms with van der Waals surface area (Å²) in [5.74, 6) is 0.999. The molecule has 0 radical (unpaired) electrons. The van der Waals surface area contributed by atoms with Crippen molar-refractivity contribution in [2.75, 3.05) is 5.32 Å². The fraction of sp³-hybridized carbons (Fsp3) is 0.200. The van der Waals surface area contributed by atoms with E-state index in [0.717, 1.165) is 16.0 Å². The van der Waals surface area contributed by atoms with E-state index in [1.807, 2.05) is 23.9 Å². The molecule has 0 aliphatic carbocycles. The number of aryl methyl sites for hydroxylation is 1. The lowest BCUT2D eigenvalue weighted by Crippen LogP contribution is -2.05. The monoisotopic (exact) mass is 266 g/mol. The van der Waals surface area contributed by atoms with Gasteiger partial charge in [0, 0.05) is 31.8 Å². The lowest BCUT2D eigenvalue weighted by molar-refractivity contribution is 0.812. The number of aromatic nitrogens is 3. The second kappa shape index (κ2) is 4.44. The van der Waals surface area contributed by atoms with E-state index >= 15 is 0 Å². The molecule has 4 nitrogen and oxygen atoms in total. The van der Waals surface area contributed by atoms with E-state index in [4.69, 9.17) is 0 Å². The number of rotatable bonds is 3. The predicted molar refractivity (Wildman–Crippen MR) is 62.5 cm³/mol. The zero-order valence-corrected chi connectivity index (χ0v) is 9.90. The maximum Gasteiger partial charge on any atom is 0.127 e. The van der Waals surface area contributed by atoms with Crippen molar-refractivity contribution in [1.29, 1.82) is 0 Å². The molecule has 0 amide bonds. The Bertz CT molecular complexity index is 452. The normalized spacial score (nSPS) is 10.3. The van der Waals surface area contributed by atoms with Crippen molar-refractivity contribution in [2.24, 2.45) is 7.05 Å². The summed E-state index contributed by atoms with van der Waals surface area (Å²) in [5.41, 5.74) is 1.02. The van der Waals surface area contributed by atoms with Crippen molar-refractivity contribution in [1.82, 2.24) is 14.5 Å². The van der Waals surface area contributed by atoms with Crippen LogP contribution in [-0.2, 0) is 13.6 Å². The van der Waals surface area contributed by atoms with Crippen LogP contribution in [-0.4, -0.2) is 14.5 Å². The summed E-state index contributed by atoms with van der Waals surface area (Å²) in [4.78, 5) is 8.23. The standard InChI is InChI=1S/C10H11BrN4/c1-15-5-4-13-10(15)7-14-9-2-3-12-6-8(9)11/h2-6H,7H2,1H3,(H,12,14). The third kappa shape index (κ3) is 2.36. The van der Waals surface area contributed by atoms with Gasteiger partial charge in [-0.25, -0.2) is 4.98 Å². The molecule has 0 fully saturated rings. The molecule has 2 heterocycles. The molecule has 2 rings (SSSR count). The molecule has 15 heavy (non-hydrogen) atoms. The van der Waals surface area contributed by atoms with E-state index in [1.54, 1.807) is 18.6 Å². The van der Waals surface area contributed by atoms with Crippen LogP contribution in [0.5, 0.6) is 0 Å². The topological polar surface area (TPSA) is 42.7 Å². The van der Waals surface area contributed by atoms with Crippen molar-refractivity contribution >= 4 is 21.6 Å². The number of hydrogen-bond donors (Lipinski definition) is 1. The maximum absolute atomic E-state index is 4.23. The van der Waals surface area contributed by atoms with E-state index in [0.29, 0.717) is 6.54 Å². The van der Waals surface area contributed by atoms with Crippen LogP contribution in [0.3, 0.4) is 0 Å². The fourth-order valence-corrected chi connectivity index (χ4v) is 1.65. The molecule has 0 aliphatic heterocycles. The lowest BCUT2D eigenvalue weighted by Gasteiger charge is -2.07. The van der Waals surface area contributed by atoms with Gasteiger partial charge in [-0.3, -0.25) is 4.98 Å². The SMILES string of the molecule is Cn1ccnc1CNc1ccncc1Br. The van der Waals surface area contributed by atoms with E-state index in [-0.39, 0.29) is 0 Å². The molecule has 0 atom stereocenters. The van der Waals surface area contributed by atoms with Crippen molar-refractivity contribution in [3.05, 3.63) is 41.2 Å². The second-order valence-corrected chi connectivity index (χ2v) is 4.02. The number of pyridine rings is 1. The van der Waals surface area contributed by atoms with E-state index < -0.39 is 0 Å². The van der Waals surface area contributed by atoms with Crippen LogP contribution in [0.4, 0.5) is 5.69 Å². The summed E-state index contributed by atoms with van der Waals surface area (Å²) in [6.45, 7) is 0.701. The average Bonchev–Trinajstić information content (AvgIpc) is 2.63. The Hall–Kier alpha value is -1.36. The zero-order chi connectivity index (χ0) is 10.7. The molecule has 0 bridgehead atoms. The highest BCUT2D eigenvalue weighted by Gasteiger charge is 2.01. The number of halogens is 1. The van der Waals surface area contributed by atoms with Gasteiger partial charge in [0.05, 0.1) is 16.7 Å². The summed E-state index contributed by atoms with van der Waals surface area (Å²) in [6, 6.07) is 1.92. The number of nitrogens with one attached hydrogen (secondary N) is 1. The molecule has 2 aromatic rings. The van der Waals surface area contributed by atoms with Crippen molar-refractivity contribution < 1.29 is 0 Å². The Morgan fingerprint density at radius 1 is 1.47 bits per heavy atom. The van der Waals surface area contributed by atoms with Crippen LogP contribution in [0, 0.1) is 0 Å². The van der Waals surface area contributed by atoms with E-state index in [1.165, 1.54) is 0 Å². The molecule has 0 spiro atoms. The molecular formula is C10H11BrN4. The van der Waals surface area contributed by atoms with Crippen LogP contribution in [0.15, 0.2) is 35.3 Å². The molecule has 0 aliphatic rings. The third-order valence-electron chi connectivity index (χ3n) is 2.13. The molecule has 0 aromatic carbocycles. The Labute approximate surface area is 96.5 Å². The molecular weight excluding hydrogens is 256 g/mol. The second-order valence-electron chi connectivity index (χ2n) is 3.16. The van der Waals surface area contributed by atoms with Crippen LogP contribution < -0.4 is 5.32 Å². The van der Waals surface area contributed by atoms with Crippen LogP contribution in [0.2, 0.25) is 0 Å². The van der Waals surface area contributed by atoms with Crippen LogP contribution >= 0.6 is 15.9 Å². The van der Waals surface area contributed by atoms with Gasteiger partial charge in [-0.05, 0) is 22.0 Å². The van der Waals surface area contributed by atoms with E-state index in [9.17, 15) is 0 Å². The van der Waals surface area contributed by atoms with Crippen LogP contribution in [0.25, 0.3) is 0 Å². The Balaban J connectivity index is 2.06. The summed E-state index contributed by atoms with van der Waals surface area (Å²) in [7, 11) is 1.98. The largest absolute Gasteiger partial charge is 0.377 e. The first kappa shape index (κ1) is 10.2. The van der Waals surface area contributed by atoms with Crippen molar-refractivity contribution in [2.45, 2.75) is 6.54 Å². The highest BCUT2D eigenvalue weighted by atomic mass is 79.9. The fourth-order valence-electron chi connectivity index (χ4n) is 1.26. The van der Waals surface area contributed by atoms with Gasteiger partial charge in [-0.2, -0.15) is 0 Å². The summed E-state index contributed by atoms with van der Waals surface area (Å²) in [5, 5.41) is 3.29. The minimum Gasteiger partial charge on any atom is -0.377 e. The first-order valence-corrected chi connectivity index (χ1v) is 5.36. The zero-order valence-electron chi connectivity index (χ0n) is 8.31. The van der Waals surface area contributed by atoms with Crippen LogP contribution in [0.1, 0.15) is 5.82 Å². The number of anilines is 1. The van der Waals surface area contributed by atoms with Gasteiger partial charge >= 0.3 is 0 Å². The third-order valence-corrected chi connectivity index (χ3v) is 2.76.